The molecule has 1 atom stereocenters. The summed E-state index contributed by atoms with van der Waals surface area (Å²) in [7, 11) is 0. The second-order valence-corrected chi connectivity index (χ2v) is 7.79. The van der Waals surface area contributed by atoms with Crippen LogP contribution < -0.4 is 10.2 Å². The van der Waals surface area contributed by atoms with E-state index in [2.05, 4.69) is 68.9 Å². The second kappa shape index (κ2) is 8.37. The van der Waals surface area contributed by atoms with Crippen LogP contribution in [0.4, 0.5) is 11.4 Å². The Morgan fingerprint density at radius 3 is 2.50 bits per heavy atom. The van der Waals surface area contributed by atoms with E-state index in [0.29, 0.717) is 6.54 Å². The van der Waals surface area contributed by atoms with Crippen molar-refractivity contribution in [1.82, 2.24) is 14.4 Å². The van der Waals surface area contributed by atoms with E-state index in [1.807, 2.05) is 12.1 Å². The Bertz CT molecular complexity index is 792. The number of nitrogens with zero attached hydrogens (tertiary/aromatic N) is 4. The number of hydrogen-bond acceptors (Lipinski definition) is 4. The first kappa shape index (κ1) is 19.0. The van der Waals surface area contributed by atoms with Crippen LogP contribution in [-0.2, 0) is 11.3 Å². The van der Waals surface area contributed by atoms with Gasteiger partial charge in [0.05, 0.1) is 6.54 Å². The number of anilines is 2. The number of likely N-dealkylation sites (N-methyl/N-ethyl adjacent to an activating group) is 1. The average molecular weight is 382 g/mol. The van der Waals surface area contributed by atoms with Crippen molar-refractivity contribution in [3.8, 4) is 0 Å². The Labute approximate surface area is 167 Å². The molecular weight excluding hydrogens is 350 g/mol. The van der Waals surface area contributed by atoms with Gasteiger partial charge in [-0.25, -0.2) is 0 Å². The Morgan fingerprint density at radius 1 is 1.04 bits per heavy atom. The van der Waals surface area contributed by atoms with Crippen LogP contribution in [0.3, 0.4) is 0 Å². The van der Waals surface area contributed by atoms with Crippen molar-refractivity contribution >= 4 is 17.3 Å². The maximum atomic E-state index is 12.6. The van der Waals surface area contributed by atoms with Crippen molar-refractivity contribution in [3.63, 3.8) is 0 Å². The molecule has 28 heavy (non-hydrogen) atoms. The summed E-state index contributed by atoms with van der Waals surface area (Å²) < 4.78 is 2.28. The number of nitrogens with one attached hydrogen (secondary N) is 1. The number of aromatic nitrogens is 1. The molecule has 0 bridgehead atoms. The molecule has 3 heterocycles. The zero-order valence-electron chi connectivity index (χ0n) is 17.0. The maximum Gasteiger partial charge on any atom is 0.238 e. The first-order valence-corrected chi connectivity index (χ1v) is 10.4. The van der Waals surface area contributed by atoms with Crippen LogP contribution in [0.5, 0.6) is 0 Å². The lowest BCUT2D eigenvalue weighted by atomic mass is 10.1. The van der Waals surface area contributed by atoms with Gasteiger partial charge >= 0.3 is 0 Å². The van der Waals surface area contributed by atoms with E-state index < -0.39 is 0 Å². The van der Waals surface area contributed by atoms with E-state index in [0.717, 1.165) is 51.5 Å². The molecule has 1 saturated heterocycles. The predicted octanol–water partition coefficient (Wildman–Crippen LogP) is 2.65. The van der Waals surface area contributed by atoms with Gasteiger partial charge in [-0.05, 0) is 49.9 Å². The summed E-state index contributed by atoms with van der Waals surface area (Å²) in [4.78, 5) is 19.7. The lowest BCUT2D eigenvalue weighted by Crippen LogP contribution is -2.46. The van der Waals surface area contributed by atoms with Crippen molar-refractivity contribution in [2.75, 3.05) is 56.0 Å². The summed E-state index contributed by atoms with van der Waals surface area (Å²) >= 11 is 0. The van der Waals surface area contributed by atoms with Gasteiger partial charge in [0.2, 0.25) is 5.91 Å². The zero-order valence-corrected chi connectivity index (χ0v) is 17.0. The minimum absolute atomic E-state index is 0.0520. The van der Waals surface area contributed by atoms with Gasteiger partial charge < -0.3 is 19.7 Å². The number of piperazine rings is 1. The summed E-state index contributed by atoms with van der Waals surface area (Å²) in [5, 5.41) is 3.06. The standard InChI is InChI=1S/C22H31N5O/c1-3-24-11-13-25(14-12-24)20-8-6-19(7-9-20)23-22(28)17-27-16-15-26-10-4-5-21(26)18(27)2/h4-10,18H,3,11-17H2,1-2H3,(H,23,28). The van der Waals surface area contributed by atoms with E-state index in [1.165, 1.54) is 11.4 Å². The highest BCUT2D eigenvalue weighted by Gasteiger charge is 2.25. The van der Waals surface area contributed by atoms with Gasteiger partial charge in [-0.15, -0.1) is 0 Å². The van der Waals surface area contributed by atoms with Crippen LogP contribution >= 0.6 is 0 Å². The first-order valence-electron chi connectivity index (χ1n) is 10.4. The van der Waals surface area contributed by atoms with Gasteiger partial charge in [-0.1, -0.05) is 6.92 Å². The number of benzene rings is 1. The summed E-state index contributed by atoms with van der Waals surface area (Å²) in [6.07, 6.45) is 2.12. The molecule has 2 aliphatic rings. The summed E-state index contributed by atoms with van der Waals surface area (Å²) in [6, 6.07) is 12.8. The highest BCUT2D eigenvalue weighted by molar-refractivity contribution is 5.92. The summed E-state index contributed by atoms with van der Waals surface area (Å²) in [6.45, 7) is 12.1. The van der Waals surface area contributed by atoms with E-state index in [4.69, 9.17) is 0 Å². The summed E-state index contributed by atoms with van der Waals surface area (Å²) in [5.74, 6) is 0.0520. The fourth-order valence-corrected chi connectivity index (χ4v) is 4.31. The molecule has 1 aromatic heterocycles. The third-order valence-electron chi connectivity index (χ3n) is 6.15. The fourth-order valence-electron chi connectivity index (χ4n) is 4.31. The molecule has 0 aliphatic carbocycles. The van der Waals surface area contributed by atoms with Gasteiger partial charge in [0, 0.05) is 68.6 Å². The normalized spacial score (nSPS) is 20.8. The molecule has 1 aromatic carbocycles. The molecule has 150 valence electrons. The topological polar surface area (TPSA) is 43.8 Å². The van der Waals surface area contributed by atoms with Crippen LogP contribution in [0.1, 0.15) is 25.6 Å². The van der Waals surface area contributed by atoms with E-state index in [-0.39, 0.29) is 11.9 Å². The smallest absolute Gasteiger partial charge is 0.238 e. The van der Waals surface area contributed by atoms with E-state index >= 15 is 0 Å². The molecule has 1 unspecified atom stereocenters. The molecule has 6 heteroatoms. The number of carbonyl (C=O) groups excluding carboxylic acids is 1. The van der Waals surface area contributed by atoms with Crippen LogP contribution in [-0.4, -0.2) is 66.1 Å². The number of carbonyl (C=O) groups is 1. The lowest BCUT2D eigenvalue weighted by Gasteiger charge is -2.35. The van der Waals surface area contributed by atoms with Crippen LogP contribution in [0.25, 0.3) is 0 Å². The largest absolute Gasteiger partial charge is 0.369 e. The van der Waals surface area contributed by atoms with Gasteiger partial charge in [-0.3, -0.25) is 9.69 Å². The van der Waals surface area contributed by atoms with Crippen LogP contribution in [0.15, 0.2) is 42.6 Å². The number of fused-ring (bicyclic) bond motifs is 1. The molecule has 0 radical (unpaired) electrons. The van der Waals surface area contributed by atoms with Crippen molar-refractivity contribution in [1.29, 1.82) is 0 Å². The highest BCUT2D eigenvalue weighted by atomic mass is 16.2. The lowest BCUT2D eigenvalue weighted by molar-refractivity contribution is -0.118. The maximum absolute atomic E-state index is 12.6. The zero-order chi connectivity index (χ0) is 19.5. The quantitative estimate of drug-likeness (QED) is 0.865. The molecular formula is C22H31N5O. The number of hydrogen-bond donors (Lipinski definition) is 1. The minimum Gasteiger partial charge on any atom is -0.369 e. The Balaban J connectivity index is 1.30. The minimum atomic E-state index is 0.0520. The third kappa shape index (κ3) is 4.08. The van der Waals surface area contributed by atoms with Crippen molar-refractivity contribution < 1.29 is 4.79 Å². The molecule has 6 nitrogen and oxygen atoms in total. The van der Waals surface area contributed by atoms with Crippen LogP contribution in [0.2, 0.25) is 0 Å². The average Bonchev–Trinajstić information content (AvgIpc) is 3.20. The van der Waals surface area contributed by atoms with Gasteiger partial charge in [-0.2, -0.15) is 0 Å². The van der Waals surface area contributed by atoms with Gasteiger partial charge in [0.25, 0.3) is 0 Å². The molecule has 4 rings (SSSR count). The van der Waals surface area contributed by atoms with Crippen molar-refractivity contribution in [2.45, 2.75) is 26.4 Å². The molecule has 0 saturated carbocycles. The van der Waals surface area contributed by atoms with E-state index in [1.54, 1.807) is 0 Å². The Morgan fingerprint density at radius 2 is 1.79 bits per heavy atom. The SMILES string of the molecule is CCN1CCN(c2ccc(NC(=O)CN3CCn4cccc4C3C)cc2)CC1. The molecule has 1 amide bonds. The first-order chi connectivity index (χ1) is 13.6. The van der Waals surface area contributed by atoms with E-state index in [9.17, 15) is 4.79 Å². The molecule has 0 spiro atoms. The highest BCUT2D eigenvalue weighted by Crippen LogP contribution is 2.25. The van der Waals surface area contributed by atoms with Gasteiger partial charge in [0.1, 0.15) is 0 Å². The number of amides is 1. The second-order valence-electron chi connectivity index (χ2n) is 7.79. The molecule has 1 N–H and O–H groups in total. The fraction of sp³-hybridized carbons (Fsp3) is 0.500. The molecule has 1 fully saturated rings. The molecule has 2 aromatic rings. The predicted molar refractivity (Wildman–Crippen MR) is 114 cm³/mol. The summed E-state index contributed by atoms with van der Waals surface area (Å²) in [5.41, 5.74) is 3.39. The van der Waals surface area contributed by atoms with Gasteiger partial charge in [0.15, 0.2) is 0 Å². The number of rotatable bonds is 5. The third-order valence-corrected chi connectivity index (χ3v) is 6.15. The van der Waals surface area contributed by atoms with Crippen molar-refractivity contribution in [3.05, 3.63) is 48.3 Å². The van der Waals surface area contributed by atoms with Crippen LogP contribution in [0, 0.1) is 0 Å². The molecule has 2 aliphatic heterocycles. The monoisotopic (exact) mass is 381 g/mol. The Hall–Kier alpha value is -2.31. The Kier molecular flexibility index (Phi) is 5.69. The van der Waals surface area contributed by atoms with Crippen molar-refractivity contribution in [2.24, 2.45) is 0 Å².